The zero-order chi connectivity index (χ0) is 12.6. The first-order chi connectivity index (χ1) is 7.16. The maximum absolute atomic E-state index is 12.5. The van der Waals surface area contributed by atoms with E-state index in [0.29, 0.717) is 0 Å². The third-order valence-corrected chi connectivity index (χ3v) is 2.50. The minimum Gasteiger partial charge on any atom is -0.378 e. The van der Waals surface area contributed by atoms with Crippen molar-refractivity contribution in [2.75, 3.05) is 19.0 Å². The number of benzene rings is 1. The van der Waals surface area contributed by atoms with Gasteiger partial charge in [-0.1, -0.05) is 12.1 Å². The molecule has 0 saturated heterocycles. The highest BCUT2D eigenvalue weighted by atomic mass is 19.4. The van der Waals surface area contributed by atoms with E-state index in [4.69, 9.17) is 0 Å². The Morgan fingerprint density at radius 3 is 1.81 bits per heavy atom. The summed E-state index contributed by atoms with van der Waals surface area (Å²) in [6.07, 6.45) is -4.67. The summed E-state index contributed by atoms with van der Waals surface area (Å²) in [6, 6.07) is 5.64. The second-order valence-corrected chi connectivity index (χ2v) is 4.01. The Labute approximate surface area is 92.3 Å². The van der Waals surface area contributed by atoms with Crippen molar-refractivity contribution in [3.8, 4) is 0 Å². The van der Waals surface area contributed by atoms with Gasteiger partial charge in [0.05, 0.1) is 0 Å². The molecule has 90 valence electrons. The van der Waals surface area contributed by atoms with Crippen LogP contribution in [0.1, 0.15) is 12.5 Å². The molecule has 16 heavy (non-hydrogen) atoms. The van der Waals surface area contributed by atoms with Crippen molar-refractivity contribution in [1.82, 2.24) is 0 Å². The molecule has 1 N–H and O–H groups in total. The van der Waals surface area contributed by atoms with E-state index in [1.165, 1.54) is 24.3 Å². The lowest BCUT2D eigenvalue weighted by Gasteiger charge is -2.27. The Hall–Kier alpha value is -1.23. The lowest BCUT2D eigenvalue weighted by Crippen LogP contribution is -2.39. The van der Waals surface area contributed by atoms with Crippen LogP contribution < -0.4 is 4.90 Å². The molecule has 0 aliphatic carbocycles. The lowest BCUT2D eigenvalue weighted by atomic mass is 9.95. The fraction of sp³-hybridized carbons (Fsp3) is 0.455. The van der Waals surface area contributed by atoms with Gasteiger partial charge < -0.3 is 10.0 Å². The topological polar surface area (TPSA) is 23.5 Å². The van der Waals surface area contributed by atoms with Gasteiger partial charge in [-0.2, -0.15) is 13.2 Å². The Balaban J connectivity index is 3.07. The molecule has 2 nitrogen and oxygen atoms in total. The molecule has 0 fully saturated rings. The number of hydrogen-bond acceptors (Lipinski definition) is 2. The van der Waals surface area contributed by atoms with Gasteiger partial charge in [-0.3, -0.25) is 0 Å². The third kappa shape index (κ3) is 2.29. The molecule has 0 radical (unpaired) electrons. The Kier molecular flexibility index (Phi) is 3.19. The average molecular weight is 233 g/mol. The highest BCUT2D eigenvalue weighted by Crippen LogP contribution is 2.38. The van der Waals surface area contributed by atoms with Crippen molar-refractivity contribution < 1.29 is 18.3 Å². The van der Waals surface area contributed by atoms with Gasteiger partial charge in [0, 0.05) is 19.8 Å². The van der Waals surface area contributed by atoms with E-state index in [2.05, 4.69) is 0 Å². The number of aliphatic hydroxyl groups is 1. The van der Waals surface area contributed by atoms with Gasteiger partial charge in [0.2, 0.25) is 0 Å². The van der Waals surface area contributed by atoms with Crippen LogP contribution in [0.3, 0.4) is 0 Å². The van der Waals surface area contributed by atoms with E-state index < -0.39 is 11.8 Å². The van der Waals surface area contributed by atoms with Gasteiger partial charge in [0.15, 0.2) is 5.60 Å². The number of hydrogen-bond donors (Lipinski definition) is 1. The predicted molar refractivity (Wildman–Crippen MR) is 56.4 cm³/mol. The second-order valence-electron chi connectivity index (χ2n) is 4.01. The second kappa shape index (κ2) is 3.97. The van der Waals surface area contributed by atoms with Crippen LogP contribution >= 0.6 is 0 Å². The van der Waals surface area contributed by atoms with Crippen molar-refractivity contribution >= 4 is 5.69 Å². The summed E-state index contributed by atoms with van der Waals surface area (Å²) in [5, 5.41) is 9.41. The van der Waals surface area contributed by atoms with E-state index in [0.717, 1.165) is 12.6 Å². The van der Waals surface area contributed by atoms with Gasteiger partial charge in [0.1, 0.15) is 0 Å². The molecule has 0 heterocycles. The Morgan fingerprint density at radius 1 is 1.06 bits per heavy atom. The van der Waals surface area contributed by atoms with Gasteiger partial charge in [-0.15, -0.1) is 0 Å². The summed E-state index contributed by atoms with van der Waals surface area (Å²) in [5.74, 6) is 0. The molecule has 1 unspecified atom stereocenters. The van der Waals surface area contributed by atoms with Gasteiger partial charge in [0.25, 0.3) is 0 Å². The van der Waals surface area contributed by atoms with Crippen LogP contribution in [0, 0.1) is 0 Å². The largest absolute Gasteiger partial charge is 0.421 e. The standard InChI is InChI=1S/C11H14F3NO/c1-10(16,11(12,13)14)8-4-6-9(7-5-8)15(2)3/h4-7,16H,1-3H3. The molecule has 1 rings (SSSR count). The molecular weight excluding hydrogens is 219 g/mol. The number of halogens is 3. The van der Waals surface area contributed by atoms with Crippen LogP contribution in [0.2, 0.25) is 0 Å². The third-order valence-electron chi connectivity index (χ3n) is 2.50. The van der Waals surface area contributed by atoms with E-state index in [1.807, 2.05) is 0 Å². The number of anilines is 1. The molecule has 0 aliphatic heterocycles. The minimum atomic E-state index is -4.67. The van der Waals surface area contributed by atoms with Gasteiger partial charge in [-0.25, -0.2) is 0 Å². The van der Waals surface area contributed by atoms with Crippen LogP contribution in [0.15, 0.2) is 24.3 Å². The predicted octanol–water partition coefficient (Wildman–Crippen LogP) is 2.52. The van der Waals surface area contributed by atoms with Crippen molar-refractivity contribution in [1.29, 1.82) is 0 Å². The van der Waals surface area contributed by atoms with Gasteiger partial charge in [-0.05, 0) is 24.6 Å². The summed E-state index contributed by atoms with van der Waals surface area (Å²) in [6.45, 7) is 0.748. The summed E-state index contributed by atoms with van der Waals surface area (Å²) >= 11 is 0. The molecule has 5 heteroatoms. The first-order valence-corrected chi connectivity index (χ1v) is 4.73. The molecule has 1 aromatic carbocycles. The molecule has 0 saturated carbocycles. The molecular formula is C11H14F3NO. The quantitative estimate of drug-likeness (QED) is 0.848. The van der Waals surface area contributed by atoms with Crippen molar-refractivity contribution in [2.24, 2.45) is 0 Å². The average Bonchev–Trinajstić information content (AvgIpc) is 2.16. The van der Waals surface area contributed by atoms with E-state index in [9.17, 15) is 18.3 Å². The maximum Gasteiger partial charge on any atom is 0.421 e. The zero-order valence-electron chi connectivity index (χ0n) is 9.34. The van der Waals surface area contributed by atoms with Crippen LogP contribution in [0.25, 0.3) is 0 Å². The molecule has 0 aliphatic rings. The lowest BCUT2D eigenvalue weighted by molar-refractivity contribution is -0.258. The van der Waals surface area contributed by atoms with Crippen LogP contribution in [-0.4, -0.2) is 25.4 Å². The Morgan fingerprint density at radius 2 is 1.50 bits per heavy atom. The van der Waals surface area contributed by atoms with Crippen LogP contribution in [0.4, 0.5) is 18.9 Å². The minimum absolute atomic E-state index is 0.161. The van der Waals surface area contributed by atoms with Crippen LogP contribution in [-0.2, 0) is 5.60 Å². The van der Waals surface area contributed by atoms with Gasteiger partial charge >= 0.3 is 6.18 Å². The zero-order valence-corrected chi connectivity index (χ0v) is 9.34. The fourth-order valence-electron chi connectivity index (χ4n) is 1.25. The van der Waals surface area contributed by atoms with Crippen molar-refractivity contribution in [3.05, 3.63) is 29.8 Å². The molecule has 0 bridgehead atoms. The molecule has 0 aromatic heterocycles. The molecule has 1 atom stereocenters. The first-order valence-electron chi connectivity index (χ1n) is 4.73. The Bertz CT molecular complexity index is 354. The molecule has 0 spiro atoms. The van der Waals surface area contributed by atoms with E-state index in [1.54, 1.807) is 19.0 Å². The van der Waals surface area contributed by atoms with E-state index in [-0.39, 0.29) is 5.56 Å². The highest BCUT2D eigenvalue weighted by Gasteiger charge is 2.51. The highest BCUT2D eigenvalue weighted by molar-refractivity contribution is 5.47. The molecule has 0 amide bonds. The van der Waals surface area contributed by atoms with Crippen LogP contribution in [0.5, 0.6) is 0 Å². The summed E-state index contributed by atoms with van der Waals surface area (Å²) in [4.78, 5) is 1.77. The van der Waals surface area contributed by atoms with Crippen molar-refractivity contribution in [2.45, 2.75) is 18.7 Å². The van der Waals surface area contributed by atoms with E-state index >= 15 is 0 Å². The normalized spacial score (nSPS) is 15.7. The summed E-state index contributed by atoms with van der Waals surface area (Å²) in [5.41, 5.74) is -2.19. The summed E-state index contributed by atoms with van der Waals surface area (Å²) < 4.78 is 37.6. The first kappa shape index (κ1) is 12.8. The maximum atomic E-state index is 12.5. The monoisotopic (exact) mass is 233 g/mol. The fourth-order valence-corrected chi connectivity index (χ4v) is 1.25. The number of alkyl halides is 3. The SMILES string of the molecule is CN(C)c1ccc(C(C)(O)C(F)(F)F)cc1. The number of nitrogens with zero attached hydrogens (tertiary/aromatic N) is 1. The summed E-state index contributed by atoms with van der Waals surface area (Å²) in [7, 11) is 3.58. The number of rotatable bonds is 2. The van der Waals surface area contributed by atoms with Crippen molar-refractivity contribution in [3.63, 3.8) is 0 Å². The smallest absolute Gasteiger partial charge is 0.378 e. The molecule has 1 aromatic rings.